The predicted octanol–water partition coefficient (Wildman–Crippen LogP) is 7.51. The summed E-state index contributed by atoms with van der Waals surface area (Å²) in [5.74, 6) is -1.42. The van der Waals surface area contributed by atoms with E-state index in [1.807, 2.05) is 9.80 Å². The molecule has 0 radical (unpaired) electrons. The van der Waals surface area contributed by atoms with Gasteiger partial charge in [-0.3, -0.25) is 14.5 Å². The van der Waals surface area contributed by atoms with Crippen LogP contribution in [0.2, 0.25) is 0 Å². The zero-order chi connectivity index (χ0) is 31.8. The molecule has 236 valence electrons. The molecule has 3 atom stereocenters. The highest BCUT2D eigenvalue weighted by atomic mass is 19.1. The summed E-state index contributed by atoms with van der Waals surface area (Å²) in [7, 11) is 0. The van der Waals surface area contributed by atoms with Gasteiger partial charge in [0.25, 0.3) is 0 Å². The molecule has 43 heavy (non-hydrogen) atoms. The molecule has 0 spiro atoms. The average molecular weight is 596 g/mol. The van der Waals surface area contributed by atoms with Crippen LogP contribution in [0, 0.1) is 31.4 Å². The molecular weight excluding hydrogens is 544 g/mol. The van der Waals surface area contributed by atoms with Crippen LogP contribution in [0.5, 0.6) is 0 Å². The van der Waals surface area contributed by atoms with Crippen LogP contribution in [-0.4, -0.2) is 64.3 Å². The van der Waals surface area contributed by atoms with Gasteiger partial charge in [-0.15, -0.1) is 0 Å². The third kappa shape index (κ3) is 7.13. The van der Waals surface area contributed by atoms with Gasteiger partial charge in [-0.25, -0.2) is 8.78 Å². The largest absolute Gasteiger partial charge is 0.342 e. The number of rotatable bonds is 6. The Labute approximate surface area is 257 Å². The number of piperidine rings is 2. The summed E-state index contributed by atoms with van der Waals surface area (Å²) < 4.78 is 28.9. The van der Waals surface area contributed by atoms with Crippen molar-refractivity contribution in [1.82, 2.24) is 14.7 Å². The van der Waals surface area contributed by atoms with E-state index < -0.39 is 11.6 Å². The average Bonchev–Trinajstić information content (AvgIpc) is 2.93. The fourth-order valence-corrected chi connectivity index (χ4v) is 7.43. The highest BCUT2D eigenvalue weighted by Crippen LogP contribution is 2.40. The van der Waals surface area contributed by atoms with Crippen molar-refractivity contribution in [2.45, 2.75) is 111 Å². The van der Waals surface area contributed by atoms with Gasteiger partial charge < -0.3 is 9.80 Å². The standard InChI is InChI=1S/C36H51F2N3O2/c1-22(2)41(26(6)42)25(5)31-18-23(3)24(4)19-32(31)27-12-15-39(16-13-27)35(43)30-14-17-40(36(7,8)9)21-33(30)29-11-10-28(37)20-34(29)38/h10-11,18-20,22,25,27,30,33H,12-17,21H2,1-9H3/t25-,30?,33-/m0/s1. The van der Waals surface area contributed by atoms with Gasteiger partial charge in [0.2, 0.25) is 11.8 Å². The first-order valence-corrected chi connectivity index (χ1v) is 16.0. The Morgan fingerprint density at radius 3 is 2.09 bits per heavy atom. The molecule has 2 aromatic carbocycles. The monoisotopic (exact) mass is 595 g/mol. The molecule has 7 heteroatoms. The number of amides is 2. The molecule has 2 aliphatic rings. The number of aryl methyl sites for hydroxylation is 2. The number of benzene rings is 2. The fourth-order valence-electron chi connectivity index (χ4n) is 7.43. The first kappa shape index (κ1) is 33.1. The Balaban J connectivity index is 1.56. The molecule has 4 rings (SSSR count). The minimum Gasteiger partial charge on any atom is -0.342 e. The lowest BCUT2D eigenvalue weighted by atomic mass is 9.77. The number of hydrogen-bond donors (Lipinski definition) is 0. The molecule has 0 saturated carbocycles. The summed E-state index contributed by atoms with van der Waals surface area (Å²) in [4.78, 5) is 32.9. The molecule has 2 fully saturated rings. The van der Waals surface area contributed by atoms with Crippen molar-refractivity contribution in [3.8, 4) is 0 Å². The van der Waals surface area contributed by atoms with Crippen molar-refractivity contribution < 1.29 is 18.4 Å². The van der Waals surface area contributed by atoms with Crippen molar-refractivity contribution in [1.29, 1.82) is 0 Å². The van der Waals surface area contributed by atoms with Gasteiger partial charge >= 0.3 is 0 Å². The van der Waals surface area contributed by atoms with Crippen LogP contribution in [0.1, 0.15) is 113 Å². The maximum absolute atomic E-state index is 15.1. The van der Waals surface area contributed by atoms with Gasteiger partial charge in [-0.2, -0.15) is 0 Å². The summed E-state index contributed by atoms with van der Waals surface area (Å²) in [5, 5.41) is 0. The first-order valence-electron chi connectivity index (χ1n) is 16.0. The van der Waals surface area contributed by atoms with E-state index in [4.69, 9.17) is 0 Å². The van der Waals surface area contributed by atoms with E-state index in [2.05, 4.69) is 72.4 Å². The van der Waals surface area contributed by atoms with Crippen LogP contribution in [0.3, 0.4) is 0 Å². The van der Waals surface area contributed by atoms with Crippen LogP contribution in [0.4, 0.5) is 8.78 Å². The van der Waals surface area contributed by atoms with E-state index in [9.17, 15) is 14.0 Å². The number of hydrogen-bond acceptors (Lipinski definition) is 3. The summed E-state index contributed by atoms with van der Waals surface area (Å²) in [6, 6.07) is 8.34. The molecule has 1 unspecified atom stereocenters. The smallest absolute Gasteiger partial charge is 0.226 e. The molecule has 2 heterocycles. The number of carbonyl (C=O) groups excluding carboxylic acids is 2. The van der Waals surface area contributed by atoms with Crippen molar-refractivity contribution in [3.05, 3.63) is 69.8 Å². The van der Waals surface area contributed by atoms with Gasteiger partial charge in [0, 0.05) is 56.0 Å². The molecule has 0 aromatic heterocycles. The lowest BCUT2D eigenvalue weighted by Crippen LogP contribution is -2.53. The zero-order valence-corrected chi connectivity index (χ0v) is 27.6. The topological polar surface area (TPSA) is 43.9 Å². The van der Waals surface area contributed by atoms with Crippen LogP contribution in [0.15, 0.2) is 30.3 Å². The second kappa shape index (κ2) is 13.1. The lowest BCUT2D eigenvalue weighted by Gasteiger charge is -2.46. The Bertz CT molecular complexity index is 1330. The van der Waals surface area contributed by atoms with Gasteiger partial charge in [0.05, 0.1) is 6.04 Å². The Hall–Kier alpha value is -2.80. The SMILES string of the molecule is CC(=O)N(C(C)C)[C@@H](C)c1cc(C)c(C)cc1C1CCN(C(=O)C2CCN(C(C)(C)C)C[C@H]2c2ccc(F)cc2F)CC1. The molecule has 2 amide bonds. The second-order valence-corrected chi connectivity index (χ2v) is 14.1. The third-order valence-corrected chi connectivity index (χ3v) is 9.97. The van der Waals surface area contributed by atoms with E-state index in [1.165, 1.54) is 34.4 Å². The highest BCUT2D eigenvalue weighted by Gasteiger charge is 2.41. The summed E-state index contributed by atoms with van der Waals surface area (Å²) in [6.07, 6.45) is 2.32. The molecule has 2 saturated heterocycles. The fraction of sp³-hybridized carbons (Fsp3) is 0.611. The van der Waals surface area contributed by atoms with Gasteiger partial charge in [-0.05, 0) is 121 Å². The molecule has 0 aliphatic carbocycles. The quantitative estimate of drug-likeness (QED) is 0.347. The number of halogens is 2. The molecule has 0 bridgehead atoms. The Morgan fingerprint density at radius 1 is 0.907 bits per heavy atom. The molecular formula is C36H51F2N3O2. The van der Waals surface area contributed by atoms with E-state index in [0.29, 0.717) is 31.6 Å². The summed E-state index contributed by atoms with van der Waals surface area (Å²) in [5.41, 5.74) is 5.23. The normalized spacial score (nSPS) is 21.3. The van der Waals surface area contributed by atoms with E-state index in [1.54, 1.807) is 6.92 Å². The van der Waals surface area contributed by atoms with Crippen molar-refractivity contribution >= 4 is 11.8 Å². The summed E-state index contributed by atoms with van der Waals surface area (Å²) >= 11 is 0. The number of carbonyl (C=O) groups is 2. The van der Waals surface area contributed by atoms with Gasteiger partial charge in [-0.1, -0.05) is 18.2 Å². The highest BCUT2D eigenvalue weighted by molar-refractivity contribution is 5.80. The molecule has 0 N–H and O–H groups in total. The number of nitrogens with zero attached hydrogens (tertiary/aromatic N) is 3. The lowest BCUT2D eigenvalue weighted by molar-refractivity contribution is -0.139. The van der Waals surface area contributed by atoms with Gasteiger partial charge in [0.1, 0.15) is 11.6 Å². The van der Waals surface area contributed by atoms with Gasteiger partial charge in [0.15, 0.2) is 0 Å². The van der Waals surface area contributed by atoms with Crippen LogP contribution in [-0.2, 0) is 9.59 Å². The van der Waals surface area contributed by atoms with Crippen LogP contribution < -0.4 is 0 Å². The minimum atomic E-state index is -0.602. The minimum absolute atomic E-state index is 0.0502. The van der Waals surface area contributed by atoms with E-state index in [-0.39, 0.29) is 47.2 Å². The predicted molar refractivity (Wildman–Crippen MR) is 169 cm³/mol. The Morgan fingerprint density at radius 2 is 1.53 bits per heavy atom. The van der Waals surface area contributed by atoms with Crippen molar-refractivity contribution in [2.75, 3.05) is 26.2 Å². The molecule has 5 nitrogen and oxygen atoms in total. The zero-order valence-electron chi connectivity index (χ0n) is 27.6. The van der Waals surface area contributed by atoms with E-state index >= 15 is 4.39 Å². The first-order chi connectivity index (χ1) is 20.1. The maximum Gasteiger partial charge on any atom is 0.226 e. The van der Waals surface area contributed by atoms with Crippen LogP contribution in [0.25, 0.3) is 0 Å². The third-order valence-electron chi connectivity index (χ3n) is 9.97. The van der Waals surface area contributed by atoms with Crippen molar-refractivity contribution in [3.63, 3.8) is 0 Å². The molecule has 2 aromatic rings. The Kier molecular flexibility index (Phi) is 10.0. The van der Waals surface area contributed by atoms with Crippen LogP contribution >= 0.6 is 0 Å². The maximum atomic E-state index is 15.1. The van der Waals surface area contributed by atoms with E-state index in [0.717, 1.165) is 25.5 Å². The second-order valence-electron chi connectivity index (χ2n) is 14.1. The number of likely N-dealkylation sites (tertiary alicyclic amines) is 2. The summed E-state index contributed by atoms with van der Waals surface area (Å²) in [6.45, 7) is 21.1. The molecule has 2 aliphatic heterocycles. The van der Waals surface area contributed by atoms with Crippen molar-refractivity contribution in [2.24, 2.45) is 5.92 Å².